The average molecular weight is 212 g/mol. The van der Waals surface area contributed by atoms with E-state index in [-0.39, 0.29) is 12.1 Å². The second-order valence-corrected chi connectivity index (χ2v) is 4.40. The molecule has 0 amide bonds. The van der Waals surface area contributed by atoms with Crippen molar-refractivity contribution in [3.05, 3.63) is 11.9 Å². The first-order chi connectivity index (χ1) is 6.87. The molecule has 0 saturated carbocycles. The first-order valence-electron chi connectivity index (χ1n) is 4.73. The maximum absolute atomic E-state index is 10.4. The second kappa shape index (κ2) is 4.39. The zero-order valence-electron chi connectivity index (χ0n) is 9.19. The molecule has 0 atom stereocenters. The van der Waals surface area contributed by atoms with Crippen LogP contribution in [-0.2, 0) is 17.9 Å². The van der Waals surface area contributed by atoms with E-state index in [2.05, 4.69) is 36.4 Å². The molecule has 15 heavy (non-hydrogen) atoms. The molecular weight excluding hydrogens is 196 g/mol. The molecule has 84 valence electrons. The standard InChI is InChI=1S/C9H16N4O2/c1-9(2,3)10-4-7-5-13(12-11-7)6-8(14)15/h5,10H,4,6H2,1-3H3,(H,14,15). The molecule has 6 heteroatoms. The van der Waals surface area contributed by atoms with Gasteiger partial charge in [0.1, 0.15) is 6.54 Å². The Bertz CT molecular complexity index is 340. The van der Waals surface area contributed by atoms with Crippen molar-refractivity contribution in [1.82, 2.24) is 20.3 Å². The number of hydrogen-bond acceptors (Lipinski definition) is 4. The Hall–Kier alpha value is -1.43. The lowest BCUT2D eigenvalue weighted by atomic mass is 10.1. The first-order valence-corrected chi connectivity index (χ1v) is 4.73. The maximum atomic E-state index is 10.4. The molecule has 1 aromatic heterocycles. The van der Waals surface area contributed by atoms with Crippen molar-refractivity contribution in [2.24, 2.45) is 0 Å². The molecule has 1 aromatic rings. The summed E-state index contributed by atoms with van der Waals surface area (Å²) in [5.74, 6) is -0.921. The minimum absolute atomic E-state index is 0.0105. The number of nitrogens with one attached hydrogen (secondary N) is 1. The molecule has 0 saturated heterocycles. The largest absolute Gasteiger partial charge is 0.480 e. The lowest BCUT2D eigenvalue weighted by Gasteiger charge is -2.19. The van der Waals surface area contributed by atoms with Crippen LogP contribution in [0.1, 0.15) is 26.5 Å². The molecule has 2 N–H and O–H groups in total. The Morgan fingerprint density at radius 2 is 2.27 bits per heavy atom. The first kappa shape index (κ1) is 11.6. The molecule has 0 aromatic carbocycles. The molecule has 0 aliphatic carbocycles. The van der Waals surface area contributed by atoms with E-state index in [0.29, 0.717) is 6.54 Å². The highest BCUT2D eigenvalue weighted by atomic mass is 16.4. The zero-order chi connectivity index (χ0) is 11.5. The molecule has 0 fully saturated rings. The summed E-state index contributed by atoms with van der Waals surface area (Å²) in [7, 11) is 0. The molecule has 0 aliphatic rings. The number of rotatable bonds is 4. The number of nitrogens with zero attached hydrogens (tertiary/aromatic N) is 3. The van der Waals surface area contributed by atoms with Gasteiger partial charge in [0, 0.05) is 12.1 Å². The highest BCUT2D eigenvalue weighted by Gasteiger charge is 2.10. The third-order valence-electron chi connectivity index (χ3n) is 1.68. The number of aliphatic carboxylic acids is 1. The molecule has 0 bridgehead atoms. The van der Waals surface area contributed by atoms with Crippen molar-refractivity contribution in [2.45, 2.75) is 39.4 Å². The smallest absolute Gasteiger partial charge is 0.325 e. The Labute approximate surface area is 88.3 Å². The fourth-order valence-corrected chi connectivity index (χ4v) is 0.991. The Balaban J connectivity index is 2.50. The quantitative estimate of drug-likeness (QED) is 0.747. The number of aromatic nitrogens is 3. The van der Waals surface area contributed by atoms with Crippen LogP contribution in [0.5, 0.6) is 0 Å². The van der Waals surface area contributed by atoms with Gasteiger partial charge in [0.15, 0.2) is 0 Å². The topological polar surface area (TPSA) is 80.0 Å². The molecular formula is C9H16N4O2. The molecule has 0 radical (unpaired) electrons. The molecule has 0 unspecified atom stereocenters. The van der Waals surface area contributed by atoms with Gasteiger partial charge in [-0.3, -0.25) is 4.79 Å². The van der Waals surface area contributed by atoms with Crippen molar-refractivity contribution >= 4 is 5.97 Å². The highest BCUT2D eigenvalue weighted by molar-refractivity contribution is 5.66. The molecule has 1 rings (SSSR count). The molecule has 6 nitrogen and oxygen atoms in total. The number of carboxylic acid groups (broad SMARTS) is 1. The lowest BCUT2D eigenvalue weighted by Crippen LogP contribution is -2.35. The van der Waals surface area contributed by atoms with Crippen LogP contribution < -0.4 is 5.32 Å². The van der Waals surface area contributed by atoms with Crippen LogP contribution >= 0.6 is 0 Å². The van der Waals surface area contributed by atoms with Crippen molar-refractivity contribution in [3.8, 4) is 0 Å². The van der Waals surface area contributed by atoms with E-state index in [9.17, 15) is 4.79 Å². The van der Waals surface area contributed by atoms with Crippen LogP contribution in [0.2, 0.25) is 0 Å². The minimum Gasteiger partial charge on any atom is -0.480 e. The van der Waals surface area contributed by atoms with Crippen molar-refractivity contribution < 1.29 is 9.90 Å². The highest BCUT2D eigenvalue weighted by Crippen LogP contribution is 2.01. The predicted octanol–water partition coefficient (Wildman–Crippen LogP) is 0.251. The summed E-state index contributed by atoms with van der Waals surface area (Å²) in [5, 5.41) is 19.3. The summed E-state index contributed by atoms with van der Waals surface area (Å²) in [4.78, 5) is 10.4. The number of carboxylic acids is 1. The summed E-state index contributed by atoms with van der Waals surface area (Å²) >= 11 is 0. The van der Waals surface area contributed by atoms with E-state index in [4.69, 9.17) is 5.11 Å². The molecule has 1 heterocycles. The van der Waals surface area contributed by atoms with Crippen molar-refractivity contribution in [2.75, 3.05) is 0 Å². The third kappa shape index (κ3) is 4.55. The van der Waals surface area contributed by atoms with E-state index >= 15 is 0 Å². The van der Waals surface area contributed by atoms with Crippen LogP contribution in [0.15, 0.2) is 6.20 Å². The normalized spacial score (nSPS) is 11.7. The van der Waals surface area contributed by atoms with Gasteiger partial charge in [0.05, 0.1) is 11.9 Å². The Morgan fingerprint density at radius 1 is 1.60 bits per heavy atom. The van der Waals surface area contributed by atoms with Crippen molar-refractivity contribution in [1.29, 1.82) is 0 Å². The van der Waals surface area contributed by atoms with E-state index < -0.39 is 5.97 Å². The van der Waals surface area contributed by atoms with Crippen LogP contribution in [-0.4, -0.2) is 31.6 Å². The van der Waals surface area contributed by atoms with E-state index in [0.717, 1.165) is 5.69 Å². The van der Waals surface area contributed by atoms with E-state index in [1.165, 1.54) is 4.68 Å². The predicted molar refractivity (Wildman–Crippen MR) is 54.3 cm³/mol. The van der Waals surface area contributed by atoms with Gasteiger partial charge in [0.25, 0.3) is 0 Å². The van der Waals surface area contributed by atoms with Crippen LogP contribution in [0.25, 0.3) is 0 Å². The maximum Gasteiger partial charge on any atom is 0.325 e. The van der Waals surface area contributed by atoms with Crippen molar-refractivity contribution in [3.63, 3.8) is 0 Å². The van der Waals surface area contributed by atoms with Gasteiger partial charge in [-0.1, -0.05) is 5.21 Å². The van der Waals surface area contributed by atoms with Gasteiger partial charge in [-0.2, -0.15) is 0 Å². The summed E-state index contributed by atoms with van der Waals surface area (Å²) in [6.45, 7) is 6.59. The van der Waals surface area contributed by atoms with E-state index in [1.807, 2.05) is 0 Å². The monoisotopic (exact) mass is 212 g/mol. The summed E-state index contributed by atoms with van der Waals surface area (Å²) in [6.07, 6.45) is 1.63. The molecule has 0 spiro atoms. The van der Waals surface area contributed by atoms with Gasteiger partial charge in [-0.25, -0.2) is 4.68 Å². The van der Waals surface area contributed by atoms with Gasteiger partial charge in [-0.15, -0.1) is 5.10 Å². The number of carbonyl (C=O) groups is 1. The SMILES string of the molecule is CC(C)(C)NCc1cn(CC(=O)O)nn1. The average Bonchev–Trinajstić information content (AvgIpc) is 2.46. The van der Waals surface area contributed by atoms with Crippen LogP contribution in [0, 0.1) is 0 Å². The number of hydrogen-bond donors (Lipinski definition) is 2. The summed E-state index contributed by atoms with van der Waals surface area (Å²) < 4.78 is 1.31. The van der Waals surface area contributed by atoms with Gasteiger partial charge >= 0.3 is 5.97 Å². The minimum atomic E-state index is -0.921. The summed E-state index contributed by atoms with van der Waals surface area (Å²) in [5.41, 5.74) is 0.752. The second-order valence-electron chi connectivity index (χ2n) is 4.40. The zero-order valence-corrected chi connectivity index (χ0v) is 9.19. The van der Waals surface area contributed by atoms with E-state index in [1.54, 1.807) is 6.20 Å². The fourth-order valence-electron chi connectivity index (χ4n) is 0.991. The third-order valence-corrected chi connectivity index (χ3v) is 1.68. The van der Waals surface area contributed by atoms with Crippen LogP contribution in [0.4, 0.5) is 0 Å². The summed E-state index contributed by atoms with van der Waals surface area (Å²) in [6, 6.07) is 0. The van der Waals surface area contributed by atoms with Crippen LogP contribution in [0.3, 0.4) is 0 Å². The molecule has 0 aliphatic heterocycles. The Morgan fingerprint density at radius 3 is 2.80 bits per heavy atom. The van der Waals surface area contributed by atoms with Gasteiger partial charge in [-0.05, 0) is 20.8 Å². The van der Waals surface area contributed by atoms with Gasteiger partial charge in [0.2, 0.25) is 0 Å². The fraction of sp³-hybridized carbons (Fsp3) is 0.667. The lowest BCUT2D eigenvalue weighted by molar-refractivity contribution is -0.137. The Kier molecular flexibility index (Phi) is 3.41. The van der Waals surface area contributed by atoms with Gasteiger partial charge < -0.3 is 10.4 Å².